The SMILES string of the molecule is COc1ccc(S(N)=O)c2ccccc12. The van der Waals surface area contributed by atoms with Crippen molar-refractivity contribution in [3.63, 3.8) is 0 Å². The summed E-state index contributed by atoms with van der Waals surface area (Å²) in [5.41, 5.74) is 0. The minimum absolute atomic E-state index is 0.631. The van der Waals surface area contributed by atoms with Crippen LogP contribution in [0.25, 0.3) is 10.8 Å². The monoisotopic (exact) mass is 221 g/mol. The van der Waals surface area contributed by atoms with Gasteiger partial charge in [0.05, 0.1) is 12.0 Å². The minimum Gasteiger partial charge on any atom is -0.496 e. The molecule has 0 aliphatic rings. The molecule has 0 aliphatic carbocycles. The van der Waals surface area contributed by atoms with Gasteiger partial charge in [-0.05, 0) is 12.1 Å². The number of nitrogens with two attached hydrogens (primary N) is 1. The second-order valence-corrected chi connectivity index (χ2v) is 4.14. The molecule has 1 atom stereocenters. The first-order chi connectivity index (χ1) is 7.24. The summed E-state index contributed by atoms with van der Waals surface area (Å²) in [4.78, 5) is 0.631. The molecule has 0 fully saturated rings. The maximum atomic E-state index is 11.3. The van der Waals surface area contributed by atoms with Gasteiger partial charge in [0.2, 0.25) is 0 Å². The summed E-state index contributed by atoms with van der Waals surface area (Å²) in [5, 5.41) is 7.20. The molecule has 4 heteroatoms. The Bertz CT molecular complexity index is 525. The van der Waals surface area contributed by atoms with Crippen LogP contribution in [0.2, 0.25) is 0 Å². The van der Waals surface area contributed by atoms with Crippen molar-refractivity contribution in [2.75, 3.05) is 7.11 Å². The number of hydrogen-bond donors (Lipinski definition) is 1. The standard InChI is InChI=1S/C11H11NO2S/c1-14-10-6-7-11(15(12)13)9-5-3-2-4-8(9)10/h2-7H,12H2,1H3. The molecule has 2 N–H and O–H groups in total. The predicted octanol–water partition coefficient (Wildman–Crippen LogP) is 1.83. The molecule has 0 aliphatic heterocycles. The first kappa shape index (κ1) is 10.1. The van der Waals surface area contributed by atoms with E-state index < -0.39 is 11.0 Å². The number of benzene rings is 2. The van der Waals surface area contributed by atoms with Crippen molar-refractivity contribution in [3.8, 4) is 5.75 Å². The van der Waals surface area contributed by atoms with Gasteiger partial charge >= 0.3 is 0 Å². The Kier molecular flexibility index (Phi) is 2.70. The fourth-order valence-electron chi connectivity index (χ4n) is 1.60. The summed E-state index contributed by atoms with van der Waals surface area (Å²) >= 11 is 0. The van der Waals surface area contributed by atoms with Gasteiger partial charge in [-0.2, -0.15) is 0 Å². The Morgan fingerprint density at radius 3 is 2.40 bits per heavy atom. The normalized spacial score (nSPS) is 12.7. The van der Waals surface area contributed by atoms with Crippen LogP contribution in [0.4, 0.5) is 0 Å². The smallest absolute Gasteiger partial charge is 0.126 e. The van der Waals surface area contributed by atoms with Crippen molar-refractivity contribution in [1.29, 1.82) is 0 Å². The number of rotatable bonds is 2. The van der Waals surface area contributed by atoms with E-state index in [9.17, 15) is 4.21 Å². The Morgan fingerprint density at radius 2 is 1.80 bits per heavy atom. The third kappa shape index (κ3) is 1.73. The lowest BCUT2D eigenvalue weighted by atomic mass is 10.1. The van der Waals surface area contributed by atoms with Crippen LogP contribution < -0.4 is 9.88 Å². The van der Waals surface area contributed by atoms with Crippen molar-refractivity contribution in [1.82, 2.24) is 0 Å². The molecule has 2 aromatic carbocycles. The molecule has 0 saturated heterocycles. The highest BCUT2D eigenvalue weighted by atomic mass is 32.2. The van der Waals surface area contributed by atoms with Crippen LogP contribution >= 0.6 is 0 Å². The minimum atomic E-state index is -1.47. The summed E-state index contributed by atoms with van der Waals surface area (Å²) in [7, 11) is 0.143. The third-order valence-corrected chi connectivity index (χ3v) is 3.07. The van der Waals surface area contributed by atoms with Crippen molar-refractivity contribution >= 4 is 21.8 Å². The Labute approximate surface area is 90.4 Å². The first-order valence-corrected chi connectivity index (χ1v) is 5.67. The van der Waals surface area contributed by atoms with Crippen LogP contribution in [0.5, 0.6) is 5.75 Å². The average molecular weight is 221 g/mol. The maximum absolute atomic E-state index is 11.3. The zero-order valence-electron chi connectivity index (χ0n) is 8.27. The molecular formula is C11H11NO2S. The largest absolute Gasteiger partial charge is 0.496 e. The Morgan fingerprint density at radius 1 is 1.13 bits per heavy atom. The molecule has 0 radical (unpaired) electrons. The maximum Gasteiger partial charge on any atom is 0.126 e. The van der Waals surface area contributed by atoms with Crippen LogP contribution in [-0.2, 0) is 11.0 Å². The second kappa shape index (κ2) is 4.00. The summed E-state index contributed by atoms with van der Waals surface area (Å²) in [5.74, 6) is 0.764. The zero-order chi connectivity index (χ0) is 10.8. The molecule has 3 nitrogen and oxygen atoms in total. The van der Waals surface area contributed by atoms with E-state index in [1.165, 1.54) is 0 Å². The third-order valence-electron chi connectivity index (χ3n) is 2.28. The number of methoxy groups -OCH3 is 1. The Balaban J connectivity index is 2.83. The summed E-state index contributed by atoms with van der Waals surface area (Å²) < 4.78 is 16.5. The topological polar surface area (TPSA) is 52.3 Å². The van der Waals surface area contributed by atoms with Crippen LogP contribution in [0.1, 0.15) is 0 Å². The highest BCUT2D eigenvalue weighted by molar-refractivity contribution is 7.83. The van der Waals surface area contributed by atoms with Crippen molar-refractivity contribution in [3.05, 3.63) is 36.4 Å². The highest BCUT2D eigenvalue weighted by Gasteiger charge is 2.08. The van der Waals surface area contributed by atoms with E-state index in [4.69, 9.17) is 9.88 Å². The molecule has 0 aromatic heterocycles. The van der Waals surface area contributed by atoms with Crippen LogP contribution in [0, 0.1) is 0 Å². The number of fused-ring (bicyclic) bond motifs is 1. The Hall–Kier alpha value is -1.39. The fraction of sp³-hybridized carbons (Fsp3) is 0.0909. The van der Waals surface area contributed by atoms with Gasteiger partial charge in [-0.1, -0.05) is 24.3 Å². The van der Waals surface area contributed by atoms with E-state index in [1.54, 1.807) is 19.2 Å². The lowest BCUT2D eigenvalue weighted by Crippen LogP contribution is -2.03. The molecule has 0 spiro atoms. The van der Waals surface area contributed by atoms with Crippen LogP contribution in [0.3, 0.4) is 0 Å². The van der Waals surface area contributed by atoms with Gasteiger partial charge in [-0.25, -0.2) is 9.35 Å². The molecule has 78 valence electrons. The van der Waals surface area contributed by atoms with E-state index in [-0.39, 0.29) is 0 Å². The summed E-state index contributed by atoms with van der Waals surface area (Å²) in [6.45, 7) is 0. The molecule has 15 heavy (non-hydrogen) atoms. The molecule has 0 saturated carbocycles. The number of hydrogen-bond acceptors (Lipinski definition) is 2. The van der Waals surface area contributed by atoms with Crippen LogP contribution in [0.15, 0.2) is 41.3 Å². The molecule has 2 aromatic rings. The van der Waals surface area contributed by atoms with E-state index >= 15 is 0 Å². The molecule has 0 heterocycles. The molecule has 1 unspecified atom stereocenters. The second-order valence-electron chi connectivity index (χ2n) is 3.11. The van der Waals surface area contributed by atoms with E-state index in [1.807, 2.05) is 24.3 Å². The van der Waals surface area contributed by atoms with E-state index in [0.717, 1.165) is 16.5 Å². The van der Waals surface area contributed by atoms with E-state index in [2.05, 4.69) is 0 Å². The zero-order valence-corrected chi connectivity index (χ0v) is 9.08. The van der Waals surface area contributed by atoms with Crippen LogP contribution in [-0.4, -0.2) is 11.3 Å². The van der Waals surface area contributed by atoms with Gasteiger partial charge in [-0.15, -0.1) is 0 Å². The summed E-state index contributed by atoms with van der Waals surface area (Å²) in [6, 6.07) is 11.1. The quantitative estimate of drug-likeness (QED) is 0.841. The van der Waals surface area contributed by atoms with Crippen molar-refractivity contribution < 1.29 is 8.95 Å². The summed E-state index contributed by atoms with van der Waals surface area (Å²) in [6.07, 6.45) is 0. The number of ether oxygens (including phenoxy) is 1. The molecule has 0 amide bonds. The van der Waals surface area contributed by atoms with Gasteiger partial charge < -0.3 is 4.74 Å². The van der Waals surface area contributed by atoms with Gasteiger partial charge in [0, 0.05) is 10.8 Å². The fourth-order valence-corrected chi connectivity index (χ4v) is 2.19. The highest BCUT2D eigenvalue weighted by Crippen LogP contribution is 2.29. The van der Waals surface area contributed by atoms with Gasteiger partial charge in [-0.3, -0.25) is 0 Å². The molecule has 2 rings (SSSR count). The lowest BCUT2D eigenvalue weighted by Gasteiger charge is -2.07. The van der Waals surface area contributed by atoms with Gasteiger partial charge in [0.15, 0.2) is 0 Å². The molecular weight excluding hydrogens is 210 g/mol. The van der Waals surface area contributed by atoms with Crippen molar-refractivity contribution in [2.45, 2.75) is 4.90 Å². The predicted molar refractivity (Wildman–Crippen MR) is 61.1 cm³/mol. The van der Waals surface area contributed by atoms with Gasteiger partial charge in [0.25, 0.3) is 0 Å². The van der Waals surface area contributed by atoms with E-state index in [0.29, 0.717) is 4.90 Å². The lowest BCUT2D eigenvalue weighted by molar-refractivity contribution is 0.419. The first-order valence-electron chi connectivity index (χ1n) is 4.46. The average Bonchev–Trinajstić information content (AvgIpc) is 2.27. The van der Waals surface area contributed by atoms with Gasteiger partial charge in [0.1, 0.15) is 16.7 Å². The molecule has 0 bridgehead atoms. The van der Waals surface area contributed by atoms with Crippen molar-refractivity contribution in [2.24, 2.45) is 5.14 Å².